The number of hydrogen-bond acceptors (Lipinski definition) is 2. The first-order valence-corrected chi connectivity index (χ1v) is 4.57. The average Bonchev–Trinajstić information content (AvgIpc) is 2.49. The van der Waals surface area contributed by atoms with Gasteiger partial charge in [-0.3, -0.25) is 4.79 Å². The van der Waals surface area contributed by atoms with Crippen molar-refractivity contribution in [3.05, 3.63) is 40.4 Å². The minimum Gasteiger partial charge on any atom is -0.302 e. The number of halogens is 1. The lowest BCUT2D eigenvalue weighted by Gasteiger charge is -2.02. The summed E-state index contributed by atoms with van der Waals surface area (Å²) in [5, 5.41) is 0.330. The van der Waals surface area contributed by atoms with E-state index in [0.717, 1.165) is 17.4 Å². The summed E-state index contributed by atoms with van der Waals surface area (Å²) in [4.78, 5) is 21.6. The fraction of sp³-hybridized carbons (Fsp3) is 0.0909. The lowest BCUT2D eigenvalue weighted by Crippen LogP contribution is -1.95. The van der Waals surface area contributed by atoms with Crippen molar-refractivity contribution in [2.24, 2.45) is 0 Å². The van der Waals surface area contributed by atoms with Gasteiger partial charge in [-0.2, -0.15) is 0 Å². The Morgan fingerprint density at radius 3 is 2.57 bits per heavy atom. The van der Waals surface area contributed by atoms with E-state index < -0.39 is 5.92 Å². The van der Waals surface area contributed by atoms with E-state index in [1.807, 2.05) is 18.2 Å². The summed E-state index contributed by atoms with van der Waals surface area (Å²) in [6, 6.07) is 7.26. The van der Waals surface area contributed by atoms with E-state index >= 15 is 0 Å². The maximum Gasteiger partial charge on any atom is 0.151 e. The van der Waals surface area contributed by atoms with Crippen molar-refractivity contribution in [1.29, 1.82) is 0 Å². The summed E-state index contributed by atoms with van der Waals surface area (Å²) >= 11 is 5.93. The van der Waals surface area contributed by atoms with E-state index in [9.17, 15) is 9.59 Å². The summed E-state index contributed by atoms with van der Waals surface area (Å²) in [7, 11) is 0. The number of carbonyl (C=O) groups excluding carboxylic acids is 2. The molecule has 1 aliphatic carbocycles. The molecule has 0 heterocycles. The Bertz CT molecular complexity index is 435. The molecule has 0 radical (unpaired) electrons. The Balaban J connectivity index is 2.68. The smallest absolute Gasteiger partial charge is 0.151 e. The topological polar surface area (TPSA) is 34.1 Å². The molecular formula is C11H7ClO2. The predicted octanol–water partition coefficient (Wildman–Crippen LogP) is 2.13. The van der Waals surface area contributed by atoms with Crippen LogP contribution in [0.4, 0.5) is 0 Å². The van der Waals surface area contributed by atoms with Crippen LogP contribution in [-0.4, -0.2) is 12.6 Å². The van der Waals surface area contributed by atoms with Gasteiger partial charge in [-0.25, -0.2) is 0 Å². The van der Waals surface area contributed by atoms with Gasteiger partial charge in [-0.1, -0.05) is 35.9 Å². The van der Waals surface area contributed by atoms with Gasteiger partial charge in [0.25, 0.3) is 0 Å². The quantitative estimate of drug-likeness (QED) is 0.695. The molecule has 3 heteroatoms. The Labute approximate surface area is 86.2 Å². The second-order valence-electron chi connectivity index (χ2n) is 3.08. The molecule has 0 spiro atoms. The molecule has 0 aliphatic heterocycles. The van der Waals surface area contributed by atoms with Crippen molar-refractivity contribution < 1.29 is 9.59 Å². The molecule has 0 aromatic heterocycles. The molecule has 0 saturated carbocycles. The lowest BCUT2D eigenvalue weighted by molar-refractivity contribution is -0.108. The molecule has 0 amide bonds. The normalized spacial score (nSPS) is 19.4. The molecule has 70 valence electrons. The van der Waals surface area contributed by atoms with E-state index in [2.05, 4.69) is 0 Å². The van der Waals surface area contributed by atoms with Crippen LogP contribution in [0, 0.1) is 0 Å². The number of carbonyl (C=O) groups is 2. The third-order valence-electron chi connectivity index (χ3n) is 2.37. The molecule has 2 nitrogen and oxygen atoms in total. The van der Waals surface area contributed by atoms with Crippen LogP contribution < -0.4 is 0 Å². The van der Waals surface area contributed by atoms with Gasteiger partial charge in [0.2, 0.25) is 0 Å². The highest BCUT2D eigenvalue weighted by Gasteiger charge is 2.29. The van der Waals surface area contributed by atoms with Gasteiger partial charge in [0, 0.05) is 10.6 Å². The van der Waals surface area contributed by atoms with Crippen molar-refractivity contribution in [2.75, 3.05) is 0 Å². The van der Waals surface area contributed by atoms with Gasteiger partial charge >= 0.3 is 0 Å². The molecule has 2 rings (SSSR count). The molecule has 1 unspecified atom stereocenters. The van der Waals surface area contributed by atoms with Crippen molar-refractivity contribution in [2.45, 2.75) is 5.92 Å². The second-order valence-corrected chi connectivity index (χ2v) is 3.49. The van der Waals surface area contributed by atoms with Crippen molar-refractivity contribution in [3.8, 4) is 0 Å². The van der Waals surface area contributed by atoms with Crippen LogP contribution in [0.2, 0.25) is 0 Å². The first-order valence-electron chi connectivity index (χ1n) is 4.19. The van der Waals surface area contributed by atoms with Gasteiger partial charge in [0.15, 0.2) is 6.29 Å². The number of allylic oxidation sites excluding steroid dienone is 2. The fourth-order valence-corrected chi connectivity index (χ4v) is 2.01. The van der Waals surface area contributed by atoms with E-state index in [1.165, 1.54) is 0 Å². The van der Waals surface area contributed by atoms with Gasteiger partial charge in [-0.05, 0) is 11.1 Å². The number of hydrogen-bond donors (Lipinski definition) is 0. The average molecular weight is 207 g/mol. The van der Waals surface area contributed by atoms with Gasteiger partial charge < -0.3 is 4.79 Å². The highest BCUT2D eigenvalue weighted by atomic mass is 35.5. The molecule has 0 fully saturated rings. The Morgan fingerprint density at radius 1 is 1.21 bits per heavy atom. The molecular weight excluding hydrogens is 200 g/mol. The van der Waals surface area contributed by atoms with Crippen LogP contribution in [0.5, 0.6) is 0 Å². The maximum atomic E-state index is 10.8. The zero-order chi connectivity index (χ0) is 10.1. The molecule has 0 bridgehead atoms. The van der Waals surface area contributed by atoms with E-state index in [0.29, 0.717) is 16.9 Å². The third-order valence-corrected chi connectivity index (χ3v) is 2.81. The van der Waals surface area contributed by atoms with E-state index in [1.54, 1.807) is 6.07 Å². The minimum absolute atomic E-state index is 0.330. The molecule has 1 aliphatic rings. The summed E-state index contributed by atoms with van der Waals surface area (Å²) in [5.41, 5.74) is 2.01. The predicted molar refractivity (Wildman–Crippen MR) is 54.1 cm³/mol. The largest absolute Gasteiger partial charge is 0.302 e. The van der Waals surface area contributed by atoms with Gasteiger partial charge in [0.1, 0.15) is 6.29 Å². The Kier molecular flexibility index (Phi) is 2.22. The zero-order valence-corrected chi connectivity index (χ0v) is 7.99. The van der Waals surface area contributed by atoms with E-state index in [-0.39, 0.29) is 0 Å². The zero-order valence-electron chi connectivity index (χ0n) is 7.24. The van der Waals surface area contributed by atoms with Crippen LogP contribution in [0.3, 0.4) is 0 Å². The number of aldehydes is 2. The van der Waals surface area contributed by atoms with Crippen molar-refractivity contribution >= 4 is 29.7 Å². The monoisotopic (exact) mass is 206 g/mol. The fourth-order valence-electron chi connectivity index (χ4n) is 1.70. The standard InChI is InChI=1S/C11H7ClO2/c12-11-9(5-13)7-3-1-2-4-8(7)10(11)6-14/h1-6,9H. The van der Waals surface area contributed by atoms with Gasteiger partial charge in [0.05, 0.1) is 5.92 Å². The van der Waals surface area contributed by atoms with Crippen LogP contribution in [-0.2, 0) is 9.59 Å². The Hall–Kier alpha value is -1.41. The number of benzene rings is 1. The molecule has 14 heavy (non-hydrogen) atoms. The molecule has 1 atom stereocenters. The number of fused-ring (bicyclic) bond motifs is 1. The van der Waals surface area contributed by atoms with Crippen LogP contribution in [0.15, 0.2) is 29.3 Å². The summed E-state index contributed by atoms with van der Waals surface area (Å²) in [5.74, 6) is -0.465. The van der Waals surface area contributed by atoms with Crippen molar-refractivity contribution in [1.82, 2.24) is 0 Å². The maximum absolute atomic E-state index is 10.8. The molecule has 1 aromatic carbocycles. The lowest BCUT2D eigenvalue weighted by atomic mass is 10.0. The second kappa shape index (κ2) is 3.39. The van der Waals surface area contributed by atoms with Gasteiger partial charge in [-0.15, -0.1) is 0 Å². The third kappa shape index (κ3) is 1.11. The van der Waals surface area contributed by atoms with Crippen LogP contribution >= 0.6 is 11.6 Å². The molecule has 0 N–H and O–H groups in total. The first kappa shape index (κ1) is 9.16. The SMILES string of the molecule is O=CC1=C(Cl)C(C=O)c2ccccc21. The first-order chi connectivity index (χ1) is 6.79. The summed E-state index contributed by atoms with van der Waals surface area (Å²) < 4.78 is 0. The van der Waals surface area contributed by atoms with Crippen LogP contribution in [0.25, 0.3) is 5.57 Å². The minimum atomic E-state index is -0.465. The highest BCUT2D eigenvalue weighted by molar-refractivity contribution is 6.40. The molecule has 1 aromatic rings. The summed E-state index contributed by atoms with van der Waals surface area (Å²) in [6.07, 6.45) is 1.46. The van der Waals surface area contributed by atoms with E-state index in [4.69, 9.17) is 11.6 Å². The van der Waals surface area contributed by atoms with Crippen LogP contribution in [0.1, 0.15) is 17.0 Å². The highest BCUT2D eigenvalue weighted by Crippen LogP contribution is 2.41. The Morgan fingerprint density at radius 2 is 1.93 bits per heavy atom. The van der Waals surface area contributed by atoms with Crippen molar-refractivity contribution in [3.63, 3.8) is 0 Å². The summed E-state index contributed by atoms with van der Waals surface area (Å²) in [6.45, 7) is 0. The molecule has 0 saturated heterocycles. The number of rotatable bonds is 2.